The van der Waals surface area contributed by atoms with Crippen LogP contribution < -0.4 is 0 Å². The Bertz CT molecular complexity index is 565. The van der Waals surface area contributed by atoms with Gasteiger partial charge >= 0.3 is 0 Å². The van der Waals surface area contributed by atoms with E-state index in [1.807, 2.05) is 6.26 Å². The molecule has 0 N–H and O–H groups in total. The van der Waals surface area contributed by atoms with Crippen LogP contribution in [-0.2, 0) is 9.16 Å². The molecule has 0 aromatic rings. The van der Waals surface area contributed by atoms with Crippen LogP contribution in [0.2, 0.25) is 18.1 Å². The third-order valence-corrected chi connectivity index (χ3v) is 12.2. The fourth-order valence-electron chi connectivity index (χ4n) is 5.02. The molecular weight excluding hydrogens is 324 g/mol. The lowest BCUT2D eigenvalue weighted by Gasteiger charge is -2.49. The Morgan fingerprint density at radius 3 is 2.44 bits per heavy atom. The van der Waals surface area contributed by atoms with Crippen molar-refractivity contribution in [2.45, 2.75) is 90.5 Å². The van der Waals surface area contributed by atoms with Crippen LogP contribution in [0.1, 0.15) is 66.2 Å². The summed E-state index contributed by atoms with van der Waals surface area (Å²) in [4.78, 5) is 0. The SMILES string of the molecule is COC=CC1(C2=CCC3[C@@H](O[Si](C)(C)C(C)(C)C)CCC[C@]23C)CC1. The summed E-state index contributed by atoms with van der Waals surface area (Å²) in [7, 11) is 0.0383. The molecule has 2 nitrogen and oxygen atoms in total. The van der Waals surface area contributed by atoms with E-state index < -0.39 is 8.32 Å². The predicted octanol–water partition coefficient (Wildman–Crippen LogP) is 6.45. The molecule has 0 aliphatic heterocycles. The van der Waals surface area contributed by atoms with Crippen molar-refractivity contribution >= 4 is 8.32 Å². The molecule has 0 bridgehead atoms. The molecular formula is C22H38O2Si. The number of allylic oxidation sites excluding steroid dienone is 3. The van der Waals surface area contributed by atoms with Gasteiger partial charge in [0.25, 0.3) is 0 Å². The highest BCUT2D eigenvalue weighted by molar-refractivity contribution is 6.74. The number of rotatable bonds is 5. The van der Waals surface area contributed by atoms with Gasteiger partial charge in [0.05, 0.1) is 13.4 Å². The second-order valence-electron chi connectivity index (χ2n) is 10.4. The Hall–Kier alpha value is -0.543. The third-order valence-electron chi connectivity index (χ3n) is 7.74. The van der Waals surface area contributed by atoms with Gasteiger partial charge in [0.15, 0.2) is 8.32 Å². The standard InChI is InChI=1S/C22H38O2Si/c1-20(2,3)25(6,7)24-18-9-8-12-21(4)17(18)10-11-19(21)22(13-14-22)15-16-23-5/h11,15-18H,8-10,12-14H2,1-7H3/t17?,18-,21-/m0/s1. The van der Waals surface area contributed by atoms with Gasteiger partial charge in [0, 0.05) is 11.5 Å². The number of hydrogen-bond acceptors (Lipinski definition) is 2. The van der Waals surface area contributed by atoms with Crippen molar-refractivity contribution in [3.05, 3.63) is 24.0 Å². The second-order valence-corrected chi connectivity index (χ2v) is 15.1. The zero-order chi connectivity index (χ0) is 18.5. The lowest BCUT2D eigenvalue weighted by atomic mass is 9.62. The number of methoxy groups -OCH3 is 1. The maximum absolute atomic E-state index is 6.95. The van der Waals surface area contributed by atoms with Gasteiger partial charge in [-0.05, 0) is 67.6 Å². The zero-order valence-electron chi connectivity index (χ0n) is 17.4. The van der Waals surface area contributed by atoms with Crippen LogP contribution in [0.15, 0.2) is 24.0 Å². The van der Waals surface area contributed by atoms with Crippen molar-refractivity contribution in [2.75, 3.05) is 7.11 Å². The normalized spacial score (nSPS) is 34.8. The van der Waals surface area contributed by atoms with E-state index in [9.17, 15) is 0 Å². The summed E-state index contributed by atoms with van der Waals surface area (Å²) in [6, 6.07) is 0. The summed E-state index contributed by atoms with van der Waals surface area (Å²) in [6.45, 7) is 14.4. The van der Waals surface area contributed by atoms with Gasteiger partial charge in [-0.2, -0.15) is 0 Å². The van der Waals surface area contributed by atoms with E-state index in [4.69, 9.17) is 9.16 Å². The van der Waals surface area contributed by atoms with Crippen molar-refractivity contribution in [3.63, 3.8) is 0 Å². The van der Waals surface area contributed by atoms with Crippen LogP contribution in [0.3, 0.4) is 0 Å². The van der Waals surface area contributed by atoms with Gasteiger partial charge in [-0.15, -0.1) is 0 Å². The Kier molecular flexibility index (Phi) is 4.82. The molecule has 0 aromatic carbocycles. The average molecular weight is 363 g/mol. The maximum Gasteiger partial charge on any atom is 0.192 e. The van der Waals surface area contributed by atoms with Crippen molar-refractivity contribution in [3.8, 4) is 0 Å². The molecule has 3 atom stereocenters. The first-order chi connectivity index (χ1) is 11.6. The highest BCUT2D eigenvalue weighted by atomic mass is 28.4. The van der Waals surface area contributed by atoms with E-state index in [1.54, 1.807) is 12.7 Å². The van der Waals surface area contributed by atoms with Crippen molar-refractivity contribution in [2.24, 2.45) is 16.7 Å². The predicted molar refractivity (Wildman–Crippen MR) is 108 cm³/mol. The first-order valence-electron chi connectivity index (χ1n) is 10.2. The van der Waals surface area contributed by atoms with Gasteiger partial charge in [-0.1, -0.05) is 45.8 Å². The Morgan fingerprint density at radius 1 is 1.20 bits per heavy atom. The summed E-state index contributed by atoms with van der Waals surface area (Å²) in [5.41, 5.74) is 2.31. The molecule has 3 heteroatoms. The van der Waals surface area contributed by atoms with Gasteiger partial charge < -0.3 is 9.16 Å². The first-order valence-corrected chi connectivity index (χ1v) is 13.1. The van der Waals surface area contributed by atoms with E-state index in [0.717, 1.165) is 0 Å². The van der Waals surface area contributed by atoms with Crippen LogP contribution in [-0.4, -0.2) is 21.5 Å². The fourth-order valence-corrected chi connectivity index (χ4v) is 6.41. The maximum atomic E-state index is 6.95. The fraction of sp³-hybridized carbons (Fsp3) is 0.818. The molecule has 25 heavy (non-hydrogen) atoms. The average Bonchev–Trinajstić information content (AvgIpc) is 3.19. The molecule has 2 fully saturated rings. The second kappa shape index (κ2) is 6.26. The third kappa shape index (κ3) is 3.27. The van der Waals surface area contributed by atoms with Crippen LogP contribution in [0.4, 0.5) is 0 Å². The Morgan fingerprint density at radius 2 is 1.88 bits per heavy atom. The molecule has 3 rings (SSSR count). The minimum Gasteiger partial charge on any atom is -0.505 e. The quantitative estimate of drug-likeness (QED) is 0.318. The largest absolute Gasteiger partial charge is 0.505 e. The molecule has 3 aliphatic rings. The molecule has 0 aromatic heterocycles. The van der Waals surface area contributed by atoms with Crippen molar-refractivity contribution in [1.82, 2.24) is 0 Å². The summed E-state index contributed by atoms with van der Waals surface area (Å²) in [5, 5.41) is 0.286. The Balaban J connectivity index is 1.81. The summed E-state index contributed by atoms with van der Waals surface area (Å²) < 4.78 is 12.2. The van der Waals surface area contributed by atoms with Crippen LogP contribution in [0, 0.1) is 16.7 Å². The Labute approximate surface area is 156 Å². The van der Waals surface area contributed by atoms with Gasteiger partial charge in [-0.25, -0.2) is 0 Å². The molecule has 0 amide bonds. The summed E-state index contributed by atoms with van der Waals surface area (Å²) >= 11 is 0. The van der Waals surface area contributed by atoms with Crippen LogP contribution in [0.25, 0.3) is 0 Å². The minimum absolute atomic E-state index is 0.286. The lowest BCUT2D eigenvalue weighted by molar-refractivity contribution is 0.0161. The van der Waals surface area contributed by atoms with Crippen LogP contribution >= 0.6 is 0 Å². The van der Waals surface area contributed by atoms with E-state index in [0.29, 0.717) is 22.9 Å². The highest BCUT2D eigenvalue weighted by Gasteiger charge is 2.57. The zero-order valence-corrected chi connectivity index (χ0v) is 18.4. The molecule has 0 radical (unpaired) electrons. The minimum atomic E-state index is -1.72. The molecule has 0 spiro atoms. The monoisotopic (exact) mass is 362 g/mol. The first kappa shape index (κ1) is 19.2. The van der Waals surface area contributed by atoms with Gasteiger partial charge in [0.1, 0.15) is 0 Å². The summed E-state index contributed by atoms with van der Waals surface area (Å²) in [5.74, 6) is 0.666. The lowest BCUT2D eigenvalue weighted by Crippen LogP contribution is -2.49. The molecule has 142 valence electrons. The van der Waals surface area contributed by atoms with E-state index in [-0.39, 0.29) is 5.04 Å². The van der Waals surface area contributed by atoms with Gasteiger partial charge in [-0.3, -0.25) is 0 Å². The number of fused-ring (bicyclic) bond motifs is 1. The van der Waals surface area contributed by atoms with Gasteiger partial charge in [0.2, 0.25) is 0 Å². The molecule has 2 saturated carbocycles. The number of hydrogen-bond donors (Lipinski definition) is 0. The van der Waals surface area contributed by atoms with E-state index in [2.05, 4.69) is 52.9 Å². The van der Waals surface area contributed by atoms with E-state index >= 15 is 0 Å². The highest BCUT2D eigenvalue weighted by Crippen LogP contribution is 2.66. The molecule has 1 unspecified atom stereocenters. The molecule has 3 aliphatic carbocycles. The smallest absolute Gasteiger partial charge is 0.192 e. The summed E-state index contributed by atoms with van der Waals surface area (Å²) in [6.07, 6.45) is 14.9. The molecule has 0 saturated heterocycles. The topological polar surface area (TPSA) is 18.5 Å². The number of ether oxygens (including phenoxy) is 1. The van der Waals surface area contributed by atoms with E-state index in [1.165, 1.54) is 38.5 Å². The van der Waals surface area contributed by atoms with Crippen LogP contribution in [0.5, 0.6) is 0 Å². The van der Waals surface area contributed by atoms with Crippen molar-refractivity contribution in [1.29, 1.82) is 0 Å². The molecule has 0 heterocycles. The van der Waals surface area contributed by atoms with Crippen molar-refractivity contribution < 1.29 is 9.16 Å².